The second kappa shape index (κ2) is 9.19. The lowest BCUT2D eigenvalue weighted by Crippen LogP contribution is -2.08. The van der Waals surface area contributed by atoms with Crippen molar-refractivity contribution in [1.29, 1.82) is 0 Å². The molecule has 2 nitrogen and oxygen atoms in total. The molecule has 2 aromatic rings. The van der Waals surface area contributed by atoms with Crippen molar-refractivity contribution in [3.05, 3.63) is 65.7 Å². The molecule has 0 heterocycles. The van der Waals surface area contributed by atoms with Gasteiger partial charge in [-0.2, -0.15) is 0 Å². The number of hydrogen-bond acceptors (Lipinski definition) is 2. The zero-order chi connectivity index (χ0) is 14.8. The summed E-state index contributed by atoms with van der Waals surface area (Å²) in [6.45, 7) is 1.83. The van der Waals surface area contributed by atoms with Crippen molar-refractivity contribution in [2.24, 2.45) is 0 Å². The van der Waals surface area contributed by atoms with E-state index in [1.54, 1.807) is 0 Å². The van der Waals surface area contributed by atoms with Crippen LogP contribution in [-0.4, -0.2) is 20.2 Å². The highest BCUT2D eigenvalue weighted by Gasteiger charge is 1.98. The van der Waals surface area contributed by atoms with Gasteiger partial charge in [0.1, 0.15) is 5.75 Å². The quantitative estimate of drug-likeness (QED) is 0.706. The minimum Gasteiger partial charge on any atom is -0.494 e. The van der Waals surface area contributed by atoms with Crippen LogP contribution in [0.15, 0.2) is 54.6 Å². The SMILES string of the molecule is CNCCCc1cccc(OCCCc2ccccc2)c1. The number of aryl methyl sites for hydroxylation is 2. The first-order chi connectivity index (χ1) is 10.4. The van der Waals surface area contributed by atoms with E-state index < -0.39 is 0 Å². The third kappa shape index (κ3) is 6.01. The van der Waals surface area contributed by atoms with Crippen LogP contribution in [0.3, 0.4) is 0 Å². The fourth-order valence-corrected chi connectivity index (χ4v) is 2.37. The predicted octanol–water partition coefficient (Wildman–Crippen LogP) is 3.85. The number of benzene rings is 2. The van der Waals surface area contributed by atoms with Gasteiger partial charge in [0.2, 0.25) is 0 Å². The molecule has 0 spiro atoms. The first-order valence-electron chi connectivity index (χ1n) is 7.79. The van der Waals surface area contributed by atoms with Crippen molar-refractivity contribution in [1.82, 2.24) is 5.32 Å². The van der Waals surface area contributed by atoms with Crippen molar-refractivity contribution in [2.45, 2.75) is 25.7 Å². The van der Waals surface area contributed by atoms with Crippen LogP contribution in [0.25, 0.3) is 0 Å². The minimum atomic E-state index is 0.773. The van der Waals surface area contributed by atoms with Gasteiger partial charge in [-0.25, -0.2) is 0 Å². The highest BCUT2D eigenvalue weighted by atomic mass is 16.5. The van der Waals surface area contributed by atoms with Gasteiger partial charge in [0.15, 0.2) is 0 Å². The van der Waals surface area contributed by atoms with Gasteiger partial charge in [-0.1, -0.05) is 42.5 Å². The zero-order valence-electron chi connectivity index (χ0n) is 12.8. The molecule has 0 saturated carbocycles. The van der Waals surface area contributed by atoms with Gasteiger partial charge in [0, 0.05) is 0 Å². The summed E-state index contributed by atoms with van der Waals surface area (Å²) in [5.41, 5.74) is 2.73. The van der Waals surface area contributed by atoms with Crippen LogP contribution in [0.4, 0.5) is 0 Å². The molecule has 0 aliphatic rings. The Morgan fingerprint density at radius 3 is 2.43 bits per heavy atom. The molecule has 0 saturated heterocycles. The Balaban J connectivity index is 1.71. The molecule has 0 aliphatic heterocycles. The molecule has 0 bridgehead atoms. The van der Waals surface area contributed by atoms with Crippen molar-refractivity contribution in [2.75, 3.05) is 20.2 Å². The molecule has 0 amide bonds. The van der Waals surface area contributed by atoms with E-state index in [0.717, 1.165) is 44.6 Å². The van der Waals surface area contributed by atoms with E-state index in [2.05, 4.69) is 53.8 Å². The third-order valence-corrected chi connectivity index (χ3v) is 3.51. The fourth-order valence-electron chi connectivity index (χ4n) is 2.37. The predicted molar refractivity (Wildman–Crippen MR) is 88.9 cm³/mol. The Bertz CT molecular complexity index is 510. The summed E-state index contributed by atoms with van der Waals surface area (Å²) in [6.07, 6.45) is 4.38. The molecule has 21 heavy (non-hydrogen) atoms. The molecule has 0 aliphatic carbocycles. The lowest BCUT2D eigenvalue weighted by atomic mass is 10.1. The second-order valence-electron chi connectivity index (χ2n) is 5.29. The van der Waals surface area contributed by atoms with Crippen LogP contribution in [0.2, 0.25) is 0 Å². The first kappa shape index (κ1) is 15.6. The highest BCUT2D eigenvalue weighted by molar-refractivity contribution is 5.28. The van der Waals surface area contributed by atoms with E-state index in [1.165, 1.54) is 11.1 Å². The van der Waals surface area contributed by atoms with Gasteiger partial charge in [-0.05, 0) is 62.5 Å². The Hall–Kier alpha value is -1.80. The van der Waals surface area contributed by atoms with Gasteiger partial charge in [-0.15, -0.1) is 0 Å². The molecule has 2 heteroatoms. The zero-order valence-corrected chi connectivity index (χ0v) is 12.8. The average molecular weight is 283 g/mol. The van der Waals surface area contributed by atoms with E-state index in [4.69, 9.17) is 4.74 Å². The summed E-state index contributed by atoms with van der Waals surface area (Å²) in [6, 6.07) is 19.0. The Morgan fingerprint density at radius 1 is 0.857 bits per heavy atom. The molecule has 1 N–H and O–H groups in total. The lowest BCUT2D eigenvalue weighted by Gasteiger charge is -2.08. The molecular formula is C19H25NO. The Kier molecular flexibility index (Phi) is 6.82. The van der Waals surface area contributed by atoms with Crippen LogP contribution in [0, 0.1) is 0 Å². The number of nitrogens with one attached hydrogen (secondary N) is 1. The molecule has 112 valence electrons. The standard InChI is InChI=1S/C19H25NO/c1-20-14-6-11-18-10-5-13-19(16-18)21-15-7-12-17-8-3-2-4-9-17/h2-5,8-10,13,16,20H,6-7,11-12,14-15H2,1H3. The summed E-state index contributed by atoms with van der Waals surface area (Å²) in [4.78, 5) is 0. The molecule has 0 radical (unpaired) electrons. The van der Waals surface area contributed by atoms with Gasteiger partial charge in [0.25, 0.3) is 0 Å². The number of hydrogen-bond donors (Lipinski definition) is 1. The van der Waals surface area contributed by atoms with Crippen LogP contribution < -0.4 is 10.1 Å². The highest BCUT2D eigenvalue weighted by Crippen LogP contribution is 2.15. The van der Waals surface area contributed by atoms with Crippen LogP contribution in [0.5, 0.6) is 5.75 Å². The summed E-state index contributed by atoms with van der Waals surface area (Å²) in [5, 5.41) is 3.18. The van der Waals surface area contributed by atoms with E-state index in [1.807, 2.05) is 13.1 Å². The maximum absolute atomic E-state index is 5.86. The monoisotopic (exact) mass is 283 g/mol. The number of ether oxygens (including phenoxy) is 1. The lowest BCUT2D eigenvalue weighted by molar-refractivity contribution is 0.310. The normalized spacial score (nSPS) is 10.5. The average Bonchev–Trinajstić information content (AvgIpc) is 2.53. The maximum atomic E-state index is 5.86. The van der Waals surface area contributed by atoms with Gasteiger partial charge in [-0.3, -0.25) is 0 Å². The topological polar surface area (TPSA) is 21.3 Å². The van der Waals surface area contributed by atoms with E-state index in [-0.39, 0.29) is 0 Å². The molecular weight excluding hydrogens is 258 g/mol. The summed E-state index contributed by atoms with van der Waals surface area (Å²) < 4.78 is 5.86. The second-order valence-corrected chi connectivity index (χ2v) is 5.29. The Labute approximate surface area is 128 Å². The number of rotatable bonds is 9. The van der Waals surface area contributed by atoms with Gasteiger partial charge >= 0.3 is 0 Å². The van der Waals surface area contributed by atoms with Crippen molar-refractivity contribution < 1.29 is 4.74 Å². The summed E-state index contributed by atoms with van der Waals surface area (Å²) >= 11 is 0. The molecule has 2 aromatic carbocycles. The largest absolute Gasteiger partial charge is 0.494 e. The molecule has 0 atom stereocenters. The van der Waals surface area contributed by atoms with Crippen LogP contribution >= 0.6 is 0 Å². The molecule has 0 unspecified atom stereocenters. The molecule has 0 aromatic heterocycles. The van der Waals surface area contributed by atoms with E-state index >= 15 is 0 Å². The van der Waals surface area contributed by atoms with Crippen LogP contribution in [0.1, 0.15) is 24.0 Å². The summed E-state index contributed by atoms with van der Waals surface area (Å²) in [7, 11) is 1.99. The van der Waals surface area contributed by atoms with Gasteiger partial charge < -0.3 is 10.1 Å². The van der Waals surface area contributed by atoms with Crippen LogP contribution in [-0.2, 0) is 12.8 Å². The van der Waals surface area contributed by atoms with Crippen molar-refractivity contribution >= 4 is 0 Å². The maximum Gasteiger partial charge on any atom is 0.119 e. The van der Waals surface area contributed by atoms with E-state index in [0.29, 0.717) is 0 Å². The van der Waals surface area contributed by atoms with Crippen molar-refractivity contribution in [3.63, 3.8) is 0 Å². The smallest absolute Gasteiger partial charge is 0.119 e. The minimum absolute atomic E-state index is 0.773. The van der Waals surface area contributed by atoms with E-state index in [9.17, 15) is 0 Å². The Morgan fingerprint density at radius 2 is 1.62 bits per heavy atom. The fraction of sp³-hybridized carbons (Fsp3) is 0.368. The third-order valence-electron chi connectivity index (χ3n) is 3.51. The van der Waals surface area contributed by atoms with Crippen molar-refractivity contribution in [3.8, 4) is 5.75 Å². The first-order valence-corrected chi connectivity index (χ1v) is 7.79. The summed E-state index contributed by atoms with van der Waals surface area (Å²) in [5.74, 6) is 0.991. The molecule has 0 fully saturated rings. The molecule has 2 rings (SSSR count). The van der Waals surface area contributed by atoms with Gasteiger partial charge in [0.05, 0.1) is 6.61 Å².